The second kappa shape index (κ2) is 8.28. The van der Waals surface area contributed by atoms with Gasteiger partial charge in [0.1, 0.15) is 12.2 Å². The SMILES string of the molecule is CN=C(NCc1ncnn1C)N1CCN(CC(=O)N2CCCC2)CC1. The van der Waals surface area contributed by atoms with Gasteiger partial charge in [-0.1, -0.05) is 0 Å². The van der Waals surface area contributed by atoms with Gasteiger partial charge < -0.3 is 15.1 Å². The fourth-order valence-corrected chi connectivity index (χ4v) is 3.35. The third kappa shape index (κ3) is 4.47. The predicted octanol–water partition coefficient (Wildman–Crippen LogP) is -0.869. The van der Waals surface area contributed by atoms with Crippen LogP contribution >= 0.6 is 0 Å². The Bertz CT molecular complexity index is 599. The number of carbonyl (C=O) groups is 1. The number of nitrogens with one attached hydrogen (secondary N) is 1. The summed E-state index contributed by atoms with van der Waals surface area (Å²) in [6.45, 7) is 6.48. The third-order valence-electron chi connectivity index (χ3n) is 4.91. The maximum absolute atomic E-state index is 12.3. The highest BCUT2D eigenvalue weighted by Crippen LogP contribution is 2.09. The average Bonchev–Trinajstić information content (AvgIpc) is 3.29. The quantitative estimate of drug-likeness (QED) is 0.563. The molecule has 9 nitrogen and oxygen atoms in total. The first-order chi connectivity index (χ1) is 12.2. The minimum Gasteiger partial charge on any atom is -0.349 e. The summed E-state index contributed by atoms with van der Waals surface area (Å²) >= 11 is 0. The van der Waals surface area contributed by atoms with E-state index in [-0.39, 0.29) is 5.91 Å². The van der Waals surface area contributed by atoms with Gasteiger partial charge in [0.05, 0.1) is 13.1 Å². The molecular weight excluding hydrogens is 320 g/mol. The Hall–Kier alpha value is -2.16. The first-order valence-electron chi connectivity index (χ1n) is 8.96. The maximum Gasteiger partial charge on any atom is 0.236 e. The van der Waals surface area contributed by atoms with Crippen LogP contribution in [-0.2, 0) is 18.4 Å². The molecular formula is C16H28N8O. The van der Waals surface area contributed by atoms with E-state index in [1.807, 2.05) is 11.9 Å². The second-order valence-electron chi connectivity index (χ2n) is 6.55. The molecule has 2 aliphatic rings. The Kier molecular flexibility index (Phi) is 5.85. The van der Waals surface area contributed by atoms with Crippen molar-refractivity contribution >= 4 is 11.9 Å². The first-order valence-corrected chi connectivity index (χ1v) is 8.96. The Balaban J connectivity index is 1.44. The molecule has 2 aliphatic heterocycles. The van der Waals surface area contributed by atoms with Crippen LogP contribution in [0.25, 0.3) is 0 Å². The zero-order chi connectivity index (χ0) is 17.6. The summed E-state index contributed by atoms with van der Waals surface area (Å²) in [5.74, 6) is 2.01. The van der Waals surface area contributed by atoms with Crippen molar-refractivity contribution in [1.82, 2.24) is 34.8 Å². The van der Waals surface area contributed by atoms with E-state index in [0.717, 1.165) is 63.9 Å². The van der Waals surface area contributed by atoms with Crippen molar-refractivity contribution in [2.24, 2.45) is 12.0 Å². The molecule has 1 aromatic rings. The molecule has 3 rings (SSSR count). The minimum absolute atomic E-state index is 0.274. The van der Waals surface area contributed by atoms with E-state index in [2.05, 4.69) is 30.2 Å². The van der Waals surface area contributed by atoms with Gasteiger partial charge in [-0.15, -0.1) is 0 Å². The number of likely N-dealkylation sites (tertiary alicyclic amines) is 1. The van der Waals surface area contributed by atoms with E-state index in [4.69, 9.17) is 0 Å². The number of aryl methyl sites for hydroxylation is 1. The molecule has 3 heterocycles. The Labute approximate surface area is 148 Å². The molecule has 2 saturated heterocycles. The molecule has 0 saturated carbocycles. The third-order valence-corrected chi connectivity index (χ3v) is 4.91. The normalized spacial score (nSPS) is 19.5. The van der Waals surface area contributed by atoms with Gasteiger partial charge >= 0.3 is 0 Å². The summed E-state index contributed by atoms with van der Waals surface area (Å²) < 4.78 is 1.75. The zero-order valence-corrected chi connectivity index (χ0v) is 15.2. The molecule has 0 aromatic carbocycles. The molecule has 0 unspecified atom stereocenters. The zero-order valence-electron chi connectivity index (χ0n) is 15.2. The van der Waals surface area contributed by atoms with Crippen LogP contribution in [0.1, 0.15) is 18.7 Å². The monoisotopic (exact) mass is 348 g/mol. The van der Waals surface area contributed by atoms with Crippen LogP contribution in [0.3, 0.4) is 0 Å². The van der Waals surface area contributed by atoms with Crippen molar-refractivity contribution in [2.45, 2.75) is 19.4 Å². The molecule has 0 bridgehead atoms. The summed E-state index contributed by atoms with van der Waals surface area (Å²) in [5.41, 5.74) is 0. The van der Waals surface area contributed by atoms with Gasteiger partial charge in [-0.2, -0.15) is 5.10 Å². The van der Waals surface area contributed by atoms with Crippen LogP contribution in [0.2, 0.25) is 0 Å². The lowest BCUT2D eigenvalue weighted by atomic mass is 10.3. The predicted molar refractivity (Wildman–Crippen MR) is 95.0 cm³/mol. The molecule has 1 N–H and O–H groups in total. The lowest BCUT2D eigenvalue weighted by molar-refractivity contribution is -0.131. The molecule has 2 fully saturated rings. The number of amides is 1. The van der Waals surface area contributed by atoms with Gasteiger partial charge in [0.2, 0.25) is 5.91 Å². The van der Waals surface area contributed by atoms with Crippen molar-refractivity contribution in [3.63, 3.8) is 0 Å². The van der Waals surface area contributed by atoms with Crippen molar-refractivity contribution < 1.29 is 4.79 Å². The molecule has 0 radical (unpaired) electrons. The standard InChI is InChI=1S/C16H28N8O/c1-17-16(18-11-14-19-13-20-21(14)2)24-9-7-22(8-10-24)12-15(25)23-5-3-4-6-23/h13H,3-12H2,1-2H3,(H,17,18). The summed E-state index contributed by atoms with van der Waals surface area (Å²) in [7, 11) is 3.67. The summed E-state index contributed by atoms with van der Waals surface area (Å²) in [6, 6.07) is 0. The first kappa shape index (κ1) is 17.7. The van der Waals surface area contributed by atoms with E-state index in [9.17, 15) is 4.79 Å². The Morgan fingerprint density at radius 3 is 2.48 bits per heavy atom. The van der Waals surface area contributed by atoms with Crippen molar-refractivity contribution in [3.05, 3.63) is 12.2 Å². The van der Waals surface area contributed by atoms with Crippen LogP contribution in [0.5, 0.6) is 0 Å². The molecule has 25 heavy (non-hydrogen) atoms. The van der Waals surface area contributed by atoms with Crippen molar-refractivity contribution in [2.75, 3.05) is 52.9 Å². The number of hydrogen-bond donors (Lipinski definition) is 1. The van der Waals surface area contributed by atoms with Crippen molar-refractivity contribution in [3.8, 4) is 0 Å². The Morgan fingerprint density at radius 2 is 1.88 bits per heavy atom. The summed E-state index contributed by atoms with van der Waals surface area (Å²) in [4.78, 5) is 27.3. The molecule has 0 spiro atoms. The van der Waals surface area contributed by atoms with E-state index < -0.39 is 0 Å². The summed E-state index contributed by atoms with van der Waals surface area (Å²) in [5, 5.41) is 7.41. The number of hydrogen-bond acceptors (Lipinski definition) is 5. The van der Waals surface area contributed by atoms with Gasteiger partial charge in [0.15, 0.2) is 5.96 Å². The lowest BCUT2D eigenvalue weighted by Crippen LogP contribution is -2.54. The van der Waals surface area contributed by atoms with E-state index in [1.165, 1.54) is 0 Å². The van der Waals surface area contributed by atoms with Crippen LogP contribution in [0.15, 0.2) is 11.3 Å². The number of guanidine groups is 1. The van der Waals surface area contributed by atoms with Gasteiger partial charge in [-0.3, -0.25) is 19.4 Å². The second-order valence-corrected chi connectivity index (χ2v) is 6.55. The van der Waals surface area contributed by atoms with Crippen LogP contribution in [0.4, 0.5) is 0 Å². The number of rotatable bonds is 4. The van der Waals surface area contributed by atoms with Crippen molar-refractivity contribution in [1.29, 1.82) is 0 Å². The van der Waals surface area contributed by atoms with Gasteiger partial charge in [-0.25, -0.2) is 4.98 Å². The number of carbonyl (C=O) groups excluding carboxylic acids is 1. The van der Waals surface area contributed by atoms with Gasteiger partial charge in [-0.05, 0) is 12.8 Å². The molecule has 9 heteroatoms. The average molecular weight is 348 g/mol. The highest BCUT2D eigenvalue weighted by atomic mass is 16.2. The van der Waals surface area contributed by atoms with Crippen LogP contribution < -0.4 is 5.32 Å². The van der Waals surface area contributed by atoms with Gasteiger partial charge in [0.25, 0.3) is 0 Å². The fraction of sp³-hybridized carbons (Fsp3) is 0.750. The summed E-state index contributed by atoms with van der Waals surface area (Å²) in [6.07, 6.45) is 3.84. The highest BCUT2D eigenvalue weighted by molar-refractivity contribution is 5.80. The Morgan fingerprint density at radius 1 is 1.16 bits per heavy atom. The van der Waals surface area contributed by atoms with Gasteiger partial charge in [0, 0.05) is 53.4 Å². The molecule has 138 valence electrons. The molecule has 1 amide bonds. The van der Waals surface area contributed by atoms with E-state index >= 15 is 0 Å². The fourth-order valence-electron chi connectivity index (χ4n) is 3.35. The molecule has 1 aromatic heterocycles. The highest BCUT2D eigenvalue weighted by Gasteiger charge is 2.24. The largest absolute Gasteiger partial charge is 0.349 e. The number of nitrogens with zero attached hydrogens (tertiary/aromatic N) is 7. The van der Waals surface area contributed by atoms with E-state index in [1.54, 1.807) is 18.1 Å². The lowest BCUT2D eigenvalue weighted by Gasteiger charge is -2.36. The smallest absolute Gasteiger partial charge is 0.236 e. The minimum atomic E-state index is 0.274. The topological polar surface area (TPSA) is 81.9 Å². The van der Waals surface area contributed by atoms with E-state index in [0.29, 0.717) is 13.1 Å². The number of aliphatic imine (C=N–C) groups is 1. The number of aromatic nitrogens is 3. The number of piperazine rings is 1. The van der Waals surface area contributed by atoms with Crippen LogP contribution in [0, 0.1) is 0 Å². The molecule has 0 atom stereocenters. The van der Waals surface area contributed by atoms with Crippen LogP contribution in [-0.4, -0.2) is 94.2 Å². The maximum atomic E-state index is 12.3. The molecule has 0 aliphatic carbocycles.